The smallest absolute Gasteiger partial charge is 0.237 e. The van der Waals surface area contributed by atoms with Crippen LogP contribution in [0.15, 0.2) is 0 Å². The van der Waals surface area contributed by atoms with Crippen LogP contribution in [0.4, 0.5) is 0 Å². The van der Waals surface area contributed by atoms with Gasteiger partial charge >= 0.3 is 0 Å². The minimum Gasteiger partial charge on any atom is -0.356 e. The molecule has 0 aliphatic carbocycles. The molecular weight excluding hydrogens is 254 g/mol. The van der Waals surface area contributed by atoms with Gasteiger partial charge in [0.15, 0.2) is 0 Å². The zero-order valence-electron chi connectivity index (χ0n) is 11.1. The van der Waals surface area contributed by atoms with E-state index in [-0.39, 0.29) is 36.2 Å². The summed E-state index contributed by atoms with van der Waals surface area (Å²) in [5.74, 6) is 0.166. The summed E-state index contributed by atoms with van der Waals surface area (Å²) in [7, 11) is 0. The standard InChI is InChI=1S/C12H23N3O2.ClH/c1-9(2)11(16)14-7-4-8-15-12(17)10-5-3-6-13-10;/h9-10,13H,3-8H2,1-2H3,(H,14,16)(H,15,17);1H. The SMILES string of the molecule is CC(C)C(=O)NCCCNC(=O)C1CCCN1.Cl. The van der Waals surface area contributed by atoms with Gasteiger partial charge in [-0.3, -0.25) is 9.59 Å². The summed E-state index contributed by atoms with van der Waals surface area (Å²) in [5.41, 5.74) is 0. The fourth-order valence-corrected chi connectivity index (χ4v) is 1.75. The van der Waals surface area contributed by atoms with Crippen LogP contribution in [0.5, 0.6) is 0 Å². The topological polar surface area (TPSA) is 70.2 Å². The van der Waals surface area contributed by atoms with Crippen LogP contribution in [0.25, 0.3) is 0 Å². The van der Waals surface area contributed by atoms with Crippen molar-refractivity contribution >= 4 is 24.2 Å². The predicted octanol–water partition coefficient (Wildman–Crippen LogP) is 0.439. The molecule has 5 nitrogen and oxygen atoms in total. The van der Waals surface area contributed by atoms with E-state index in [0.29, 0.717) is 13.1 Å². The summed E-state index contributed by atoms with van der Waals surface area (Å²) in [6.45, 7) is 5.90. The maximum absolute atomic E-state index is 11.6. The number of amides is 2. The molecule has 1 aliphatic heterocycles. The van der Waals surface area contributed by atoms with E-state index in [4.69, 9.17) is 0 Å². The Morgan fingerprint density at radius 1 is 1.28 bits per heavy atom. The Balaban J connectivity index is 0.00000289. The molecule has 1 heterocycles. The van der Waals surface area contributed by atoms with Crippen LogP contribution in [-0.2, 0) is 9.59 Å². The largest absolute Gasteiger partial charge is 0.356 e. The zero-order valence-corrected chi connectivity index (χ0v) is 11.9. The van der Waals surface area contributed by atoms with Crippen LogP contribution in [0.1, 0.15) is 33.1 Å². The molecule has 1 fully saturated rings. The van der Waals surface area contributed by atoms with Crippen LogP contribution in [0.3, 0.4) is 0 Å². The molecule has 0 aromatic heterocycles. The van der Waals surface area contributed by atoms with Gasteiger partial charge in [0, 0.05) is 19.0 Å². The van der Waals surface area contributed by atoms with Gasteiger partial charge in [-0.25, -0.2) is 0 Å². The van der Waals surface area contributed by atoms with Gasteiger partial charge in [0.1, 0.15) is 0 Å². The van der Waals surface area contributed by atoms with Gasteiger partial charge in [-0.15, -0.1) is 12.4 Å². The lowest BCUT2D eigenvalue weighted by molar-refractivity contribution is -0.124. The molecular formula is C12H24ClN3O2. The quantitative estimate of drug-likeness (QED) is 0.617. The third kappa shape index (κ3) is 6.21. The Bertz CT molecular complexity index is 266. The maximum Gasteiger partial charge on any atom is 0.237 e. The molecule has 0 bridgehead atoms. The van der Waals surface area contributed by atoms with Gasteiger partial charge in [-0.1, -0.05) is 13.8 Å². The molecule has 0 radical (unpaired) electrons. The Kier molecular flexibility index (Phi) is 8.75. The molecule has 106 valence electrons. The molecule has 1 aliphatic rings. The Morgan fingerprint density at radius 3 is 2.50 bits per heavy atom. The van der Waals surface area contributed by atoms with E-state index in [1.54, 1.807) is 0 Å². The minimum atomic E-state index is -0.0137. The zero-order chi connectivity index (χ0) is 12.7. The van der Waals surface area contributed by atoms with E-state index < -0.39 is 0 Å². The molecule has 1 saturated heterocycles. The fraction of sp³-hybridized carbons (Fsp3) is 0.833. The molecule has 0 saturated carbocycles. The summed E-state index contributed by atoms with van der Waals surface area (Å²) in [5, 5.41) is 8.84. The first-order valence-corrected chi connectivity index (χ1v) is 6.40. The van der Waals surface area contributed by atoms with Crippen LogP contribution >= 0.6 is 12.4 Å². The van der Waals surface area contributed by atoms with Crippen molar-refractivity contribution in [2.24, 2.45) is 5.92 Å². The number of carbonyl (C=O) groups is 2. The fourth-order valence-electron chi connectivity index (χ4n) is 1.75. The maximum atomic E-state index is 11.6. The highest BCUT2D eigenvalue weighted by Gasteiger charge is 2.20. The van der Waals surface area contributed by atoms with Crippen LogP contribution in [0, 0.1) is 5.92 Å². The number of hydrogen-bond acceptors (Lipinski definition) is 3. The van der Waals surface area contributed by atoms with Crippen molar-refractivity contribution in [2.75, 3.05) is 19.6 Å². The van der Waals surface area contributed by atoms with Crippen LogP contribution in [-0.4, -0.2) is 37.5 Å². The van der Waals surface area contributed by atoms with Crippen LogP contribution < -0.4 is 16.0 Å². The van der Waals surface area contributed by atoms with E-state index in [0.717, 1.165) is 25.8 Å². The highest BCUT2D eigenvalue weighted by Crippen LogP contribution is 2.04. The second-order valence-electron chi connectivity index (χ2n) is 4.74. The number of nitrogens with one attached hydrogen (secondary N) is 3. The summed E-state index contributed by atoms with van der Waals surface area (Å²) < 4.78 is 0. The highest BCUT2D eigenvalue weighted by molar-refractivity contribution is 5.85. The Morgan fingerprint density at radius 2 is 1.94 bits per heavy atom. The molecule has 1 unspecified atom stereocenters. The average molecular weight is 278 g/mol. The second-order valence-corrected chi connectivity index (χ2v) is 4.74. The first kappa shape index (κ1) is 17.2. The average Bonchev–Trinajstić information content (AvgIpc) is 2.81. The van der Waals surface area contributed by atoms with Crippen molar-refractivity contribution in [2.45, 2.75) is 39.2 Å². The molecule has 1 rings (SSSR count). The predicted molar refractivity (Wildman–Crippen MR) is 73.7 cm³/mol. The molecule has 0 aromatic rings. The van der Waals surface area contributed by atoms with Gasteiger partial charge < -0.3 is 16.0 Å². The third-order valence-corrected chi connectivity index (χ3v) is 2.85. The lowest BCUT2D eigenvalue weighted by Gasteiger charge is -2.11. The molecule has 3 N–H and O–H groups in total. The van der Waals surface area contributed by atoms with E-state index in [2.05, 4.69) is 16.0 Å². The number of carbonyl (C=O) groups excluding carboxylic acids is 2. The van der Waals surface area contributed by atoms with Gasteiger partial charge in [0.05, 0.1) is 6.04 Å². The minimum absolute atomic E-state index is 0. The molecule has 0 aromatic carbocycles. The molecule has 0 spiro atoms. The third-order valence-electron chi connectivity index (χ3n) is 2.85. The summed E-state index contributed by atoms with van der Waals surface area (Å²) in [6.07, 6.45) is 2.77. The lowest BCUT2D eigenvalue weighted by atomic mass is 10.2. The molecule has 6 heteroatoms. The first-order chi connectivity index (χ1) is 8.11. The van der Waals surface area contributed by atoms with Crippen molar-refractivity contribution in [1.82, 2.24) is 16.0 Å². The van der Waals surface area contributed by atoms with Crippen molar-refractivity contribution in [3.05, 3.63) is 0 Å². The number of hydrogen-bond donors (Lipinski definition) is 3. The van der Waals surface area contributed by atoms with E-state index in [1.807, 2.05) is 13.8 Å². The second kappa shape index (κ2) is 9.16. The Hall–Kier alpha value is -0.810. The van der Waals surface area contributed by atoms with Gasteiger partial charge in [0.25, 0.3) is 0 Å². The van der Waals surface area contributed by atoms with Gasteiger partial charge in [-0.2, -0.15) is 0 Å². The summed E-state index contributed by atoms with van der Waals surface area (Å²) in [6, 6.07) is -0.0137. The number of halogens is 1. The molecule has 1 atom stereocenters. The molecule has 18 heavy (non-hydrogen) atoms. The van der Waals surface area contributed by atoms with Crippen molar-refractivity contribution < 1.29 is 9.59 Å². The monoisotopic (exact) mass is 277 g/mol. The lowest BCUT2D eigenvalue weighted by Crippen LogP contribution is -2.41. The van der Waals surface area contributed by atoms with E-state index in [9.17, 15) is 9.59 Å². The summed E-state index contributed by atoms with van der Waals surface area (Å²) >= 11 is 0. The van der Waals surface area contributed by atoms with Crippen molar-refractivity contribution in [3.63, 3.8) is 0 Å². The summed E-state index contributed by atoms with van der Waals surface area (Å²) in [4.78, 5) is 22.8. The highest BCUT2D eigenvalue weighted by atomic mass is 35.5. The van der Waals surface area contributed by atoms with Crippen molar-refractivity contribution in [3.8, 4) is 0 Å². The Labute approximate surface area is 115 Å². The van der Waals surface area contributed by atoms with E-state index >= 15 is 0 Å². The van der Waals surface area contributed by atoms with Crippen molar-refractivity contribution in [1.29, 1.82) is 0 Å². The van der Waals surface area contributed by atoms with Crippen LogP contribution in [0.2, 0.25) is 0 Å². The molecule has 2 amide bonds. The normalized spacial score (nSPS) is 18.3. The number of rotatable bonds is 6. The van der Waals surface area contributed by atoms with Gasteiger partial charge in [0.2, 0.25) is 11.8 Å². The van der Waals surface area contributed by atoms with E-state index in [1.165, 1.54) is 0 Å². The van der Waals surface area contributed by atoms with Gasteiger partial charge in [-0.05, 0) is 25.8 Å². The first-order valence-electron chi connectivity index (χ1n) is 6.40.